The van der Waals surface area contributed by atoms with Crippen LogP contribution in [0.4, 0.5) is 0 Å². The molecule has 1 N–H and O–H groups in total. The van der Waals surface area contributed by atoms with Crippen LogP contribution < -0.4 is 0 Å². The molecule has 13 heavy (non-hydrogen) atoms. The highest BCUT2D eigenvalue weighted by atomic mass is 32.1. The van der Waals surface area contributed by atoms with Crippen molar-refractivity contribution in [1.82, 2.24) is 0 Å². The van der Waals surface area contributed by atoms with E-state index in [0.717, 1.165) is 12.8 Å². The fraction of sp³-hybridized carbons (Fsp3) is 0.750. The Bertz CT molecular complexity index is 182. The minimum Gasteiger partial charge on any atom is -0.484 e. The van der Waals surface area contributed by atoms with Crippen LogP contribution >= 0.6 is 24.8 Å². The van der Waals surface area contributed by atoms with E-state index in [-0.39, 0.29) is 11.5 Å². The van der Waals surface area contributed by atoms with E-state index in [2.05, 4.69) is 12.6 Å². The van der Waals surface area contributed by atoms with Gasteiger partial charge in [0.1, 0.15) is 6.10 Å². The zero-order valence-corrected chi connectivity index (χ0v) is 9.24. The zero-order chi connectivity index (χ0) is 10.3. The highest BCUT2D eigenvalue weighted by Crippen LogP contribution is 2.01. The number of rotatable bonds is 6. The Hall–Kier alpha value is -0.130. The van der Waals surface area contributed by atoms with Gasteiger partial charge in [-0.25, -0.2) is 0 Å². The molecule has 5 heteroatoms. The number of carbonyl (C=O) groups is 1. The summed E-state index contributed by atoms with van der Waals surface area (Å²) < 4.78 is 5.04. The number of ether oxygens (including phenoxy) is 1. The van der Waals surface area contributed by atoms with Gasteiger partial charge in [-0.3, -0.25) is 4.79 Å². The van der Waals surface area contributed by atoms with Crippen molar-refractivity contribution in [2.75, 3.05) is 6.61 Å². The third-order valence-corrected chi connectivity index (χ3v) is 1.95. The second-order valence-electron chi connectivity index (χ2n) is 2.63. The Balaban J connectivity index is 3.63. The van der Waals surface area contributed by atoms with Gasteiger partial charge in [-0.15, -0.1) is 12.6 Å². The summed E-state index contributed by atoms with van der Waals surface area (Å²) in [4.78, 5) is 10.5. The van der Waals surface area contributed by atoms with E-state index in [4.69, 9.17) is 17.0 Å². The zero-order valence-electron chi connectivity index (χ0n) is 7.52. The molecule has 0 bridgehead atoms. The summed E-state index contributed by atoms with van der Waals surface area (Å²) in [5.74, 6) is 0. The Morgan fingerprint density at radius 2 is 2.31 bits per heavy atom. The number of thiocarbonyl (C=S) groups is 1. The second kappa shape index (κ2) is 7.29. The van der Waals surface area contributed by atoms with Gasteiger partial charge in [0.05, 0.1) is 13.0 Å². The van der Waals surface area contributed by atoms with Crippen LogP contribution in [-0.4, -0.2) is 28.0 Å². The number of unbranched alkanes of at least 4 members (excludes halogenated alkanes) is 1. The predicted molar refractivity (Wildman–Crippen MR) is 58.1 cm³/mol. The Kier molecular flexibility index (Phi) is 7.22. The van der Waals surface area contributed by atoms with Gasteiger partial charge in [-0.1, -0.05) is 13.3 Å². The molecular formula is C8H14O3S2. The topological polar surface area (TPSA) is 46.5 Å². The van der Waals surface area contributed by atoms with Crippen LogP contribution in [0, 0.1) is 0 Å². The van der Waals surface area contributed by atoms with E-state index in [1.54, 1.807) is 0 Å². The van der Waals surface area contributed by atoms with E-state index in [0.29, 0.717) is 6.61 Å². The molecule has 0 saturated carbocycles. The average Bonchev–Trinajstić information content (AvgIpc) is 2.03. The van der Waals surface area contributed by atoms with Crippen LogP contribution in [0.1, 0.15) is 26.2 Å². The molecule has 0 amide bonds. The van der Waals surface area contributed by atoms with Crippen molar-refractivity contribution in [2.24, 2.45) is 0 Å². The third kappa shape index (κ3) is 6.98. The molecule has 3 nitrogen and oxygen atoms in total. The van der Waals surface area contributed by atoms with Crippen molar-refractivity contribution < 1.29 is 14.6 Å². The molecular weight excluding hydrogens is 208 g/mol. The summed E-state index contributed by atoms with van der Waals surface area (Å²) in [6.07, 6.45) is 0.803. The number of aliphatic hydroxyl groups excluding tert-OH is 1. The first-order chi connectivity index (χ1) is 6.07. The lowest BCUT2D eigenvalue weighted by Crippen LogP contribution is -2.23. The normalized spacial score (nSPS) is 12.2. The summed E-state index contributed by atoms with van der Waals surface area (Å²) in [5.41, 5.74) is 0. The summed E-state index contributed by atoms with van der Waals surface area (Å²) in [7, 11) is 0. The van der Waals surface area contributed by atoms with E-state index in [1.165, 1.54) is 0 Å². The molecule has 76 valence electrons. The monoisotopic (exact) mass is 222 g/mol. The highest BCUT2D eigenvalue weighted by Gasteiger charge is 2.14. The van der Waals surface area contributed by atoms with Crippen molar-refractivity contribution in [3.05, 3.63) is 0 Å². The molecule has 0 rings (SSSR count). The SMILES string of the molecule is CCCCOC(=S)C(O)CC(=O)S. The van der Waals surface area contributed by atoms with E-state index in [1.807, 2.05) is 6.92 Å². The molecule has 0 aromatic heterocycles. The second-order valence-corrected chi connectivity index (χ2v) is 3.54. The number of hydrogen-bond donors (Lipinski definition) is 2. The first kappa shape index (κ1) is 12.9. The molecule has 0 aromatic carbocycles. The summed E-state index contributed by atoms with van der Waals surface area (Å²) in [6.45, 7) is 2.52. The minimum absolute atomic E-state index is 0.0795. The highest BCUT2D eigenvalue weighted by molar-refractivity contribution is 7.96. The molecule has 0 radical (unpaired) electrons. The third-order valence-electron chi connectivity index (χ3n) is 1.38. The first-order valence-corrected chi connectivity index (χ1v) is 5.00. The predicted octanol–water partition coefficient (Wildman–Crippen LogP) is 1.34. The van der Waals surface area contributed by atoms with Gasteiger partial charge >= 0.3 is 0 Å². The van der Waals surface area contributed by atoms with Crippen LogP contribution in [0.15, 0.2) is 0 Å². The van der Waals surface area contributed by atoms with E-state index < -0.39 is 11.2 Å². The molecule has 0 aliphatic carbocycles. The fourth-order valence-corrected chi connectivity index (χ4v) is 1.00. The molecule has 0 aliphatic heterocycles. The lowest BCUT2D eigenvalue weighted by Gasteiger charge is -2.11. The number of thiol groups is 1. The number of carbonyl (C=O) groups excluding carboxylic acids is 1. The molecule has 0 fully saturated rings. The smallest absolute Gasteiger partial charge is 0.189 e. The van der Waals surface area contributed by atoms with Crippen molar-refractivity contribution >= 4 is 35.0 Å². The van der Waals surface area contributed by atoms with Crippen molar-refractivity contribution in [3.63, 3.8) is 0 Å². The van der Waals surface area contributed by atoms with Gasteiger partial charge in [0.15, 0.2) is 10.2 Å². The van der Waals surface area contributed by atoms with E-state index >= 15 is 0 Å². The van der Waals surface area contributed by atoms with Crippen LogP contribution in [0.5, 0.6) is 0 Å². The molecule has 0 saturated heterocycles. The largest absolute Gasteiger partial charge is 0.484 e. The minimum atomic E-state index is -1.00. The maximum Gasteiger partial charge on any atom is 0.189 e. The van der Waals surface area contributed by atoms with Gasteiger partial charge in [-0.05, 0) is 18.6 Å². The van der Waals surface area contributed by atoms with Crippen LogP contribution in [0.3, 0.4) is 0 Å². The molecule has 0 spiro atoms. The van der Waals surface area contributed by atoms with Gasteiger partial charge in [0.2, 0.25) is 0 Å². The van der Waals surface area contributed by atoms with Gasteiger partial charge in [0, 0.05) is 0 Å². The molecule has 0 heterocycles. The van der Waals surface area contributed by atoms with Crippen LogP contribution in [0.2, 0.25) is 0 Å². The Labute approximate surface area is 88.9 Å². The van der Waals surface area contributed by atoms with Gasteiger partial charge in [-0.2, -0.15) is 0 Å². The molecule has 1 unspecified atom stereocenters. The quantitative estimate of drug-likeness (QED) is 0.404. The molecule has 0 aliphatic rings. The van der Waals surface area contributed by atoms with Gasteiger partial charge < -0.3 is 9.84 Å². The molecule has 0 aromatic rings. The van der Waals surface area contributed by atoms with Crippen molar-refractivity contribution in [2.45, 2.75) is 32.3 Å². The van der Waals surface area contributed by atoms with Crippen molar-refractivity contribution in [1.29, 1.82) is 0 Å². The Morgan fingerprint density at radius 3 is 2.77 bits per heavy atom. The number of hydrogen-bond acceptors (Lipinski definition) is 4. The average molecular weight is 222 g/mol. The maximum absolute atomic E-state index is 10.5. The van der Waals surface area contributed by atoms with Crippen molar-refractivity contribution in [3.8, 4) is 0 Å². The van der Waals surface area contributed by atoms with Crippen LogP contribution in [-0.2, 0) is 9.53 Å². The van der Waals surface area contributed by atoms with Crippen LogP contribution in [0.25, 0.3) is 0 Å². The van der Waals surface area contributed by atoms with Gasteiger partial charge in [0.25, 0.3) is 0 Å². The molecule has 1 atom stereocenters. The summed E-state index contributed by atoms with van der Waals surface area (Å²) in [6, 6.07) is 0. The van der Waals surface area contributed by atoms with E-state index in [9.17, 15) is 9.90 Å². The lowest BCUT2D eigenvalue weighted by molar-refractivity contribution is -0.111. The lowest BCUT2D eigenvalue weighted by atomic mass is 10.3. The Morgan fingerprint density at radius 1 is 1.69 bits per heavy atom. The first-order valence-electron chi connectivity index (χ1n) is 4.14. The summed E-state index contributed by atoms with van der Waals surface area (Å²) >= 11 is 8.28. The summed E-state index contributed by atoms with van der Waals surface area (Å²) in [5, 5.41) is 8.94. The fourth-order valence-electron chi connectivity index (χ4n) is 0.662. The maximum atomic E-state index is 10.5. The number of aliphatic hydroxyl groups is 1. The standard InChI is InChI=1S/C8H14O3S2/c1-2-3-4-11-8(13)6(9)5-7(10)12/h6,9H,2-5H2,1H3,(H,10,12).